The van der Waals surface area contributed by atoms with E-state index in [9.17, 15) is 18.0 Å². The van der Waals surface area contributed by atoms with Gasteiger partial charge in [-0.1, -0.05) is 0 Å². The first-order valence-corrected chi connectivity index (χ1v) is 8.56. The van der Waals surface area contributed by atoms with Crippen LogP contribution in [0.5, 0.6) is 0 Å². The van der Waals surface area contributed by atoms with Gasteiger partial charge in [0.2, 0.25) is 5.95 Å². The molecule has 1 aliphatic rings. The normalized spacial score (nSPS) is 21.2. The number of rotatable bonds is 3. The number of halogens is 3. The summed E-state index contributed by atoms with van der Waals surface area (Å²) in [5.41, 5.74) is -0.579. The van der Waals surface area contributed by atoms with Gasteiger partial charge in [-0.15, -0.1) is 0 Å². The number of nitrogens with zero attached hydrogens (tertiary/aromatic N) is 4. The highest BCUT2D eigenvalue weighted by molar-refractivity contribution is 7.03. The van der Waals surface area contributed by atoms with Gasteiger partial charge in [-0.3, -0.25) is 4.79 Å². The van der Waals surface area contributed by atoms with Crippen molar-refractivity contribution in [1.29, 1.82) is 0 Å². The molecule has 134 valence electrons. The molecule has 2 unspecified atom stereocenters. The smallest absolute Gasteiger partial charge is 0.348 e. The van der Waals surface area contributed by atoms with Crippen molar-refractivity contribution < 1.29 is 18.0 Å². The standard InChI is InChI=1S/C15H16F3N5OS/c1-9-8-10(20-13(24)11-4-7-25-22-11)3-6-23(9)14-19-5-2-12(21-14)15(16,17)18/h2,4-5,7,9-10H,3,6,8H2,1H3,(H,20,24). The average Bonchev–Trinajstić information content (AvgIpc) is 3.09. The maximum absolute atomic E-state index is 12.8. The summed E-state index contributed by atoms with van der Waals surface area (Å²) in [6.45, 7) is 2.34. The Kier molecular flexibility index (Phi) is 4.89. The molecule has 25 heavy (non-hydrogen) atoms. The third kappa shape index (κ3) is 4.06. The molecule has 1 N–H and O–H groups in total. The molecule has 1 aliphatic heterocycles. The van der Waals surface area contributed by atoms with Gasteiger partial charge in [0.1, 0.15) is 11.4 Å². The first-order valence-electron chi connectivity index (χ1n) is 7.72. The quantitative estimate of drug-likeness (QED) is 0.898. The highest BCUT2D eigenvalue weighted by Crippen LogP contribution is 2.29. The van der Waals surface area contributed by atoms with Gasteiger partial charge in [-0.25, -0.2) is 9.97 Å². The fraction of sp³-hybridized carbons (Fsp3) is 0.467. The number of hydrogen-bond donors (Lipinski definition) is 1. The van der Waals surface area contributed by atoms with Crippen LogP contribution in [0.3, 0.4) is 0 Å². The Bertz CT molecular complexity index is 737. The highest BCUT2D eigenvalue weighted by Gasteiger charge is 2.34. The van der Waals surface area contributed by atoms with Crippen LogP contribution in [0.15, 0.2) is 23.7 Å². The highest BCUT2D eigenvalue weighted by atomic mass is 32.1. The Labute approximate surface area is 146 Å². The van der Waals surface area contributed by atoms with Crippen LogP contribution in [0.2, 0.25) is 0 Å². The molecule has 0 saturated carbocycles. The van der Waals surface area contributed by atoms with Gasteiger partial charge in [0.15, 0.2) is 0 Å². The molecule has 0 radical (unpaired) electrons. The summed E-state index contributed by atoms with van der Waals surface area (Å²) >= 11 is 1.20. The van der Waals surface area contributed by atoms with Crippen molar-refractivity contribution in [2.75, 3.05) is 11.4 Å². The van der Waals surface area contributed by atoms with Gasteiger partial charge in [-0.05, 0) is 43.4 Å². The zero-order valence-corrected chi connectivity index (χ0v) is 14.1. The molecule has 0 spiro atoms. The summed E-state index contributed by atoms with van der Waals surface area (Å²) in [6.07, 6.45) is -2.19. The monoisotopic (exact) mass is 371 g/mol. The van der Waals surface area contributed by atoms with Crippen molar-refractivity contribution in [3.63, 3.8) is 0 Å². The number of aromatic nitrogens is 3. The van der Waals surface area contributed by atoms with E-state index in [0.29, 0.717) is 25.1 Å². The van der Waals surface area contributed by atoms with E-state index in [1.165, 1.54) is 11.5 Å². The molecule has 0 bridgehead atoms. The second-order valence-electron chi connectivity index (χ2n) is 5.86. The number of alkyl halides is 3. The van der Waals surface area contributed by atoms with Crippen LogP contribution < -0.4 is 10.2 Å². The Morgan fingerprint density at radius 3 is 2.84 bits per heavy atom. The third-order valence-corrected chi connectivity index (χ3v) is 4.63. The molecule has 6 nitrogen and oxygen atoms in total. The summed E-state index contributed by atoms with van der Waals surface area (Å²) in [5.74, 6) is -0.172. The summed E-state index contributed by atoms with van der Waals surface area (Å²) in [6, 6.07) is 2.34. The van der Waals surface area contributed by atoms with E-state index < -0.39 is 11.9 Å². The Morgan fingerprint density at radius 2 is 2.20 bits per heavy atom. The average molecular weight is 371 g/mol. The SMILES string of the molecule is CC1CC(NC(=O)c2ccsn2)CCN1c1nccc(C(F)(F)F)n1. The molecular formula is C15H16F3N5OS. The molecule has 2 atom stereocenters. The van der Waals surface area contributed by atoms with Crippen LogP contribution in [-0.4, -0.2) is 38.9 Å². The zero-order chi connectivity index (χ0) is 18.0. The lowest BCUT2D eigenvalue weighted by Gasteiger charge is -2.38. The summed E-state index contributed by atoms with van der Waals surface area (Å²) < 4.78 is 42.4. The minimum absolute atomic E-state index is 0.0617. The number of carbonyl (C=O) groups excluding carboxylic acids is 1. The van der Waals surface area contributed by atoms with Crippen molar-refractivity contribution in [2.45, 2.75) is 38.0 Å². The molecule has 2 aromatic heterocycles. The van der Waals surface area contributed by atoms with Crippen LogP contribution >= 0.6 is 11.5 Å². The van der Waals surface area contributed by atoms with Crippen LogP contribution in [-0.2, 0) is 6.18 Å². The van der Waals surface area contributed by atoms with E-state index in [-0.39, 0.29) is 23.9 Å². The minimum atomic E-state index is -4.50. The molecule has 3 heterocycles. The molecule has 2 aromatic rings. The van der Waals surface area contributed by atoms with Crippen molar-refractivity contribution in [1.82, 2.24) is 19.7 Å². The number of nitrogens with one attached hydrogen (secondary N) is 1. The molecule has 1 amide bonds. The number of amides is 1. The predicted molar refractivity (Wildman–Crippen MR) is 86.4 cm³/mol. The zero-order valence-electron chi connectivity index (χ0n) is 13.3. The van der Waals surface area contributed by atoms with Gasteiger partial charge < -0.3 is 10.2 Å². The second kappa shape index (κ2) is 6.95. The van der Waals surface area contributed by atoms with E-state index in [0.717, 1.165) is 12.3 Å². The van der Waals surface area contributed by atoms with Gasteiger partial charge in [-0.2, -0.15) is 17.5 Å². The summed E-state index contributed by atoms with van der Waals surface area (Å²) in [7, 11) is 0. The van der Waals surface area contributed by atoms with E-state index in [2.05, 4.69) is 19.7 Å². The Balaban J connectivity index is 1.65. The Hall–Kier alpha value is -2.23. The molecule has 0 aliphatic carbocycles. The maximum atomic E-state index is 12.8. The van der Waals surface area contributed by atoms with Crippen molar-refractivity contribution in [2.24, 2.45) is 0 Å². The van der Waals surface area contributed by atoms with Gasteiger partial charge >= 0.3 is 6.18 Å². The Morgan fingerprint density at radius 1 is 1.40 bits per heavy atom. The minimum Gasteiger partial charge on any atom is -0.348 e. The lowest BCUT2D eigenvalue weighted by atomic mass is 9.98. The number of hydrogen-bond acceptors (Lipinski definition) is 6. The van der Waals surface area contributed by atoms with Crippen molar-refractivity contribution >= 4 is 23.4 Å². The number of piperidine rings is 1. The predicted octanol–water partition coefficient (Wildman–Crippen LogP) is 2.74. The van der Waals surface area contributed by atoms with E-state index >= 15 is 0 Å². The largest absolute Gasteiger partial charge is 0.433 e. The first-order chi connectivity index (χ1) is 11.8. The number of carbonyl (C=O) groups is 1. The molecule has 1 saturated heterocycles. The summed E-state index contributed by atoms with van der Waals surface area (Å²) in [4.78, 5) is 21.4. The van der Waals surface area contributed by atoms with Crippen molar-refractivity contribution in [3.05, 3.63) is 35.1 Å². The molecule has 1 fully saturated rings. The van der Waals surface area contributed by atoms with Crippen LogP contribution in [0.4, 0.5) is 19.1 Å². The van der Waals surface area contributed by atoms with Crippen LogP contribution in [0.25, 0.3) is 0 Å². The second-order valence-corrected chi connectivity index (χ2v) is 6.53. The van der Waals surface area contributed by atoms with Crippen LogP contribution in [0, 0.1) is 0 Å². The number of anilines is 1. The first kappa shape index (κ1) is 17.6. The topological polar surface area (TPSA) is 71.0 Å². The molecule has 0 aromatic carbocycles. The molecule has 3 rings (SSSR count). The molecular weight excluding hydrogens is 355 g/mol. The fourth-order valence-electron chi connectivity index (χ4n) is 2.83. The summed E-state index contributed by atoms with van der Waals surface area (Å²) in [5, 5.41) is 4.64. The fourth-order valence-corrected chi connectivity index (χ4v) is 3.34. The van der Waals surface area contributed by atoms with Crippen LogP contribution in [0.1, 0.15) is 35.9 Å². The van der Waals surface area contributed by atoms with Crippen molar-refractivity contribution in [3.8, 4) is 0 Å². The van der Waals surface area contributed by atoms with Gasteiger partial charge in [0.05, 0.1) is 0 Å². The van der Waals surface area contributed by atoms with Gasteiger partial charge in [0.25, 0.3) is 5.91 Å². The maximum Gasteiger partial charge on any atom is 0.433 e. The van der Waals surface area contributed by atoms with E-state index in [1.54, 1.807) is 16.3 Å². The van der Waals surface area contributed by atoms with E-state index in [4.69, 9.17) is 0 Å². The lowest BCUT2D eigenvalue weighted by Crippen LogP contribution is -2.49. The lowest BCUT2D eigenvalue weighted by molar-refractivity contribution is -0.141. The molecule has 10 heteroatoms. The third-order valence-electron chi connectivity index (χ3n) is 4.07. The van der Waals surface area contributed by atoms with Gasteiger partial charge in [0, 0.05) is 30.2 Å². The van der Waals surface area contributed by atoms with E-state index in [1.807, 2.05) is 6.92 Å².